The summed E-state index contributed by atoms with van der Waals surface area (Å²) in [5, 5.41) is 0.938. The molecule has 3 rings (SSSR count). The number of carbonyl (C=O) groups excluding carboxylic acids is 2. The van der Waals surface area contributed by atoms with Crippen molar-refractivity contribution in [1.82, 2.24) is 14.7 Å². The zero-order chi connectivity index (χ0) is 22.9. The summed E-state index contributed by atoms with van der Waals surface area (Å²) in [7, 11) is 2.18. The van der Waals surface area contributed by atoms with E-state index in [1.807, 2.05) is 11.0 Å². The molecule has 176 valence electrons. The molecule has 2 aliphatic heterocycles. The molecule has 0 N–H and O–H groups in total. The maximum atomic E-state index is 12.6. The zero-order valence-electron chi connectivity index (χ0n) is 18.8. The van der Waals surface area contributed by atoms with E-state index in [0.29, 0.717) is 42.1 Å². The Bertz CT molecular complexity index is 812. The number of nitrogens with zero attached hydrogens (tertiary/aromatic N) is 3. The van der Waals surface area contributed by atoms with Crippen LogP contribution >= 0.6 is 23.2 Å². The molecule has 0 spiro atoms. The van der Waals surface area contributed by atoms with Crippen LogP contribution in [-0.2, 0) is 14.3 Å². The summed E-state index contributed by atoms with van der Waals surface area (Å²) in [6, 6.07) is 5.85. The van der Waals surface area contributed by atoms with Crippen LogP contribution in [0.2, 0.25) is 10.0 Å². The minimum atomic E-state index is -0.0937. The van der Waals surface area contributed by atoms with Crippen molar-refractivity contribution >= 4 is 41.1 Å². The smallest absolute Gasteiger partial charge is 0.246 e. The molecule has 2 fully saturated rings. The predicted molar refractivity (Wildman–Crippen MR) is 129 cm³/mol. The van der Waals surface area contributed by atoms with Crippen LogP contribution in [0, 0.1) is 0 Å². The van der Waals surface area contributed by atoms with E-state index in [9.17, 15) is 9.59 Å². The van der Waals surface area contributed by atoms with Gasteiger partial charge in [0.15, 0.2) is 0 Å². The van der Waals surface area contributed by atoms with Crippen molar-refractivity contribution in [3.05, 3.63) is 39.9 Å². The lowest BCUT2D eigenvalue weighted by atomic mass is 10.1. The molecule has 0 aromatic heterocycles. The standard InChI is InChI=1S/C24H33Cl2N3O3/c1-27(20-9-16-32-17-10-20)11-2-3-12-28-14-15-29(13-8-24(28)31)23(30)7-5-19-4-6-21(25)22(26)18-19/h4-7,18,20H,2-3,8-17H2,1H3/b7-5+. The summed E-state index contributed by atoms with van der Waals surface area (Å²) in [5.41, 5.74) is 0.811. The lowest BCUT2D eigenvalue weighted by molar-refractivity contribution is -0.130. The Kier molecular flexibility index (Phi) is 9.85. The number of hydrogen-bond acceptors (Lipinski definition) is 4. The number of hydrogen-bond donors (Lipinski definition) is 0. The SMILES string of the molecule is CN(CCCCN1CCN(C(=O)/C=C/c2ccc(Cl)c(Cl)c2)CCC1=O)C1CCOCC1. The van der Waals surface area contributed by atoms with Gasteiger partial charge < -0.3 is 19.4 Å². The highest BCUT2D eigenvalue weighted by Crippen LogP contribution is 2.23. The molecule has 1 aromatic carbocycles. The number of benzene rings is 1. The van der Waals surface area contributed by atoms with E-state index in [0.717, 1.165) is 57.6 Å². The monoisotopic (exact) mass is 481 g/mol. The highest BCUT2D eigenvalue weighted by atomic mass is 35.5. The average Bonchev–Trinajstić information content (AvgIpc) is 2.99. The van der Waals surface area contributed by atoms with Gasteiger partial charge in [-0.15, -0.1) is 0 Å². The minimum absolute atomic E-state index is 0.0937. The van der Waals surface area contributed by atoms with E-state index in [4.69, 9.17) is 27.9 Å². The van der Waals surface area contributed by atoms with E-state index in [1.54, 1.807) is 23.1 Å². The third-order valence-electron chi connectivity index (χ3n) is 6.26. The third kappa shape index (κ3) is 7.48. The molecule has 32 heavy (non-hydrogen) atoms. The summed E-state index contributed by atoms with van der Waals surface area (Å²) in [4.78, 5) is 31.2. The van der Waals surface area contributed by atoms with Gasteiger partial charge in [0.1, 0.15) is 0 Å². The first-order valence-corrected chi connectivity index (χ1v) is 12.2. The van der Waals surface area contributed by atoms with Crippen LogP contribution in [0.25, 0.3) is 6.08 Å². The third-order valence-corrected chi connectivity index (χ3v) is 7.00. The molecule has 6 nitrogen and oxygen atoms in total. The lowest BCUT2D eigenvalue weighted by Crippen LogP contribution is -2.38. The van der Waals surface area contributed by atoms with E-state index in [1.165, 1.54) is 6.08 Å². The predicted octanol–water partition coefficient (Wildman–Crippen LogP) is 3.96. The van der Waals surface area contributed by atoms with E-state index in [2.05, 4.69) is 11.9 Å². The van der Waals surface area contributed by atoms with Gasteiger partial charge in [0.05, 0.1) is 10.0 Å². The number of halogens is 2. The van der Waals surface area contributed by atoms with Crippen molar-refractivity contribution in [3.63, 3.8) is 0 Å². The number of amides is 2. The molecular formula is C24H33Cl2N3O3. The van der Waals surface area contributed by atoms with Gasteiger partial charge in [0.25, 0.3) is 0 Å². The summed E-state index contributed by atoms with van der Waals surface area (Å²) < 4.78 is 5.44. The Balaban J connectivity index is 1.41. The molecule has 2 amide bonds. The Morgan fingerprint density at radius 1 is 1.16 bits per heavy atom. The number of carbonyl (C=O) groups is 2. The van der Waals surface area contributed by atoms with Gasteiger partial charge in [0.2, 0.25) is 11.8 Å². The number of ether oxygens (including phenoxy) is 1. The maximum Gasteiger partial charge on any atom is 0.246 e. The second kappa shape index (κ2) is 12.6. The maximum absolute atomic E-state index is 12.6. The fraction of sp³-hybridized carbons (Fsp3) is 0.583. The van der Waals surface area contributed by atoms with Crippen LogP contribution in [0.4, 0.5) is 0 Å². The molecule has 1 aromatic rings. The van der Waals surface area contributed by atoms with Gasteiger partial charge in [-0.3, -0.25) is 9.59 Å². The van der Waals surface area contributed by atoms with Crippen LogP contribution in [-0.4, -0.2) is 85.5 Å². The molecule has 0 bridgehead atoms. The summed E-state index contributed by atoms with van der Waals surface area (Å²) in [6.45, 7) is 5.09. The largest absolute Gasteiger partial charge is 0.381 e. The van der Waals surface area contributed by atoms with Gasteiger partial charge >= 0.3 is 0 Å². The Labute approximate surface area is 201 Å². The topological polar surface area (TPSA) is 53.1 Å². The van der Waals surface area contributed by atoms with Crippen molar-refractivity contribution in [1.29, 1.82) is 0 Å². The van der Waals surface area contributed by atoms with Crippen LogP contribution in [0.5, 0.6) is 0 Å². The van der Waals surface area contributed by atoms with Crippen LogP contribution in [0.15, 0.2) is 24.3 Å². The van der Waals surface area contributed by atoms with E-state index < -0.39 is 0 Å². The zero-order valence-corrected chi connectivity index (χ0v) is 20.3. The average molecular weight is 482 g/mol. The van der Waals surface area contributed by atoms with Crippen molar-refractivity contribution in [2.75, 3.05) is 53.0 Å². The van der Waals surface area contributed by atoms with Gasteiger partial charge in [-0.2, -0.15) is 0 Å². The fourth-order valence-corrected chi connectivity index (χ4v) is 4.49. The van der Waals surface area contributed by atoms with Crippen molar-refractivity contribution < 1.29 is 14.3 Å². The molecule has 0 unspecified atom stereocenters. The van der Waals surface area contributed by atoms with Crippen molar-refractivity contribution in [3.8, 4) is 0 Å². The quantitative estimate of drug-likeness (QED) is 0.416. The summed E-state index contributed by atoms with van der Waals surface area (Å²) >= 11 is 12.0. The van der Waals surface area contributed by atoms with Crippen molar-refractivity contribution in [2.45, 2.75) is 38.1 Å². The van der Waals surface area contributed by atoms with Crippen molar-refractivity contribution in [2.24, 2.45) is 0 Å². The number of unbranched alkanes of at least 4 members (excludes halogenated alkanes) is 1. The molecule has 2 heterocycles. The summed E-state index contributed by atoms with van der Waals surface area (Å²) in [6.07, 6.45) is 7.87. The second-order valence-electron chi connectivity index (χ2n) is 8.49. The highest BCUT2D eigenvalue weighted by Gasteiger charge is 2.23. The van der Waals surface area contributed by atoms with E-state index in [-0.39, 0.29) is 11.8 Å². The second-order valence-corrected chi connectivity index (χ2v) is 9.31. The Hall–Kier alpha value is -1.60. The summed E-state index contributed by atoms with van der Waals surface area (Å²) in [5.74, 6) is 0.0374. The van der Waals surface area contributed by atoms with E-state index >= 15 is 0 Å². The molecule has 2 saturated heterocycles. The molecule has 0 aliphatic carbocycles. The lowest BCUT2D eigenvalue weighted by Gasteiger charge is -2.31. The van der Waals surface area contributed by atoms with Crippen LogP contribution in [0.3, 0.4) is 0 Å². The Morgan fingerprint density at radius 3 is 2.69 bits per heavy atom. The Morgan fingerprint density at radius 2 is 1.94 bits per heavy atom. The molecule has 2 aliphatic rings. The van der Waals surface area contributed by atoms with Gasteiger partial charge in [-0.1, -0.05) is 29.3 Å². The van der Waals surface area contributed by atoms with Gasteiger partial charge in [0, 0.05) is 57.9 Å². The van der Waals surface area contributed by atoms with Crippen LogP contribution < -0.4 is 0 Å². The normalized spacial score (nSPS) is 18.6. The number of rotatable bonds is 8. The first-order chi connectivity index (χ1) is 15.4. The van der Waals surface area contributed by atoms with Gasteiger partial charge in [-0.05, 0) is 63.0 Å². The minimum Gasteiger partial charge on any atom is -0.381 e. The van der Waals surface area contributed by atoms with Gasteiger partial charge in [-0.25, -0.2) is 0 Å². The first-order valence-electron chi connectivity index (χ1n) is 11.4. The molecule has 0 atom stereocenters. The van der Waals surface area contributed by atoms with Crippen LogP contribution in [0.1, 0.15) is 37.7 Å². The highest BCUT2D eigenvalue weighted by molar-refractivity contribution is 6.42. The fourth-order valence-electron chi connectivity index (χ4n) is 4.18. The molecule has 8 heteroatoms. The molecule has 0 saturated carbocycles. The first kappa shape index (κ1) is 25.0. The molecular weight excluding hydrogens is 449 g/mol. The molecule has 0 radical (unpaired) electrons.